The monoisotopic (exact) mass is 389 g/mol. The molecule has 8 heteroatoms. The van der Waals surface area contributed by atoms with Gasteiger partial charge in [0, 0.05) is 43.9 Å². The molecule has 2 aromatic rings. The van der Waals surface area contributed by atoms with Crippen molar-refractivity contribution in [3.8, 4) is 5.69 Å². The van der Waals surface area contributed by atoms with Gasteiger partial charge < -0.3 is 9.30 Å². The van der Waals surface area contributed by atoms with Crippen LogP contribution in [0.5, 0.6) is 0 Å². The smallest absolute Gasteiger partial charge is 0.385 e. The maximum absolute atomic E-state index is 13.2. The molecule has 0 bridgehead atoms. The molecule has 2 rings (SSSR count). The number of aromatic nitrogens is 2. The summed E-state index contributed by atoms with van der Waals surface area (Å²) in [6, 6.07) is 4.02. The molecular weight excluding hydrogens is 367 g/mol. The molecule has 1 aromatic carbocycles. The van der Waals surface area contributed by atoms with Gasteiger partial charge in [-0.3, -0.25) is 9.56 Å². The van der Waals surface area contributed by atoms with Crippen LogP contribution >= 0.6 is 11.6 Å². The Balaban J connectivity index is 2.62. The Bertz CT molecular complexity index is 822. The van der Waals surface area contributed by atoms with Gasteiger partial charge in [0.25, 0.3) is 0 Å². The van der Waals surface area contributed by atoms with E-state index in [-0.39, 0.29) is 11.1 Å². The first-order valence-electron chi connectivity index (χ1n) is 8.33. The number of methoxy groups -OCH3 is 1. The molecule has 0 aliphatic carbocycles. The maximum Gasteiger partial charge on any atom is 0.417 e. The number of hydrogen-bond acceptors (Lipinski definition) is 2. The predicted octanol–water partition coefficient (Wildman–Crippen LogP) is 4.78. The van der Waals surface area contributed by atoms with Crippen molar-refractivity contribution in [2.45, 2.75) is 39.4 Å². The molecule has 0 atom stereocenters. The van der Waals surface area contributed by atoms with Gasteiger partial charge >= 0.3 is 6.18 Å². The maximum atomic E-state index is 13.2. The van der Waals surface area contributed by atoms with Crippen molar-refractivity contribution >= 4 is 11.6 Å². The van der Waals surface area contributed by atoms with Crippen molar-refractivity contribution in [2.24, 2.45) is 4.99 Å². The highest BCUT2D eigenvalue weighted by Crippen LogP contribution is 2.35. The lowest BCUT2D eigenvalue weighted by Gasteiger charge is -2.13. The number of halogens is 4. The van der Waals surface area contributed by atoms with Crippen LogP contribution in [0.4, 0.5) is 13.2 Å². The topological polar surface area (TPSA) is 31.4 Å². The summed E-state index contributed by atoms with van der Waals surface area (Å²) < 4.78 is 48.4. The molecule has 0 N–H and O–H groups in total. The molecule has 26 heavy (non-hydrogen) atoms. The summed E-state index contributed by atoms with van der Waals surface area (Å²) in [5.41, 5.74) is 0.916. The predicted molar refractivity (Wildman–Crippen MR) is 95.8 cm³/mol. The quantitative estimate of drug-likeness (QED) is 0.654. The minimum absolute atomic E-state index is 0.116. The number of aryl methyl sites for hydroxylation is 1. The van der Waals surface area contributed by atoms with Crippen LogP contribution < -0.4 is 5.62 Å². The number of benzene rings is 1. The fourth-order valence-corrected chi connectivity index (χ4v) is 2.92. The molecule has 1 aromatic heterocycles. The molecule has 0 aliphatic heterocycles. The van der Waals surface area contributed by atoms with Gasteiger partial charge in [0.15, 0.2) is 0 Å². The van der Waals surface area contributed by atoms with Crippen molar-refractivity contribution in [3.63, 3.8) is 0 Å². The number of nitrogens with zero attached hydrogens (tertiary/aromatic N) is 3. The molecule has 0 radical (unpaired) electrons. The van der Waals surface area contributed by atoms with Crippen molar-refractivity contribution in [3.05, 3.63) is 46.3 Å². The van der Waals surface area contributed by atoms with E-state index in [2.05, 4.69) is 4.99 Å². The zero-order valence-corrected chi connectivity index (χ0v) is 16.0. The second kappa shape index (κ2) is 8.31. The highest BCUT2D eigenvalue weighted by molar-refractivity contribution is 6.31. The van der Waals surface area contributed by atoms with E-state index < -0.39 is 11.7 Å². The highest BCUT2D eigenvalue weighted by atomic mass is 35.5. The summed E-state index contributed by atoms with van der Waals surface area (Å²) in [7, 11) is 1.62. The lowest BCUT2D eigenvalue weighted by atomic mass is 10.2. The zero-order valence-electron chi connectivity index (χ0n) is 15.3. The second-order valence-electron chi connectivity index (χ2n) is 6.30. The Morgan fingerprint density at radius 3 is 2.54 bits per heavy atom. The van der Waals surface area contributed by atoms with Gasteiger partial charge in [-0.2, -0.15) is 13.2 Å². The first kappa shape index (κ1) is 20.6. The van der Waals surface area contributed by atoms with E-state index in [1.807, 2.05) is 31.5 Å². The molecule has 0 saturated heterocycles. The fourth-order valence-electron chi connectivity index (χ4n) is 2.70. The Morgan fingerprint density at radius 2 is 1.96 bits per heavy atom. The van der Waals surface area contributed by atoms with Crippen LogP contribution in [0, 0.1) is 6.92 Å². The van der Waals surface area contributed by atoms with E-state index in [1.165, 1.54) is 6.07 Å². The van der Waals surface area contributed by atoms with Crippen LogP contribution in [-0.4, -0.2) is 29.4 Å². The van der Waals surface area contributed by atoms with Crippen molar-refractivity contribution in [2.75, 3.05) is 20.3 Å². The third-order valence-corrected chi connectivity index (χ3v) is 4.27. The third-order valence-electron chi connectivity index (χ3n) is 3.94. The van der Waals surface area contributed by atoms with Crippen molar-refractivity contribution < 1.29 is 17.9 Å². The molecule has 0 spiro atoms. The summed E-state index contributed by atoms with van der Waals surface area (Å²) in [4.78, 5) is 4.61. The molecule has 4 nitrogen and oxygen atoms in total. The Kier molecular flexibility index (Phi) is 6.58. The van der Waals surface area contributed by atoms with Gasteiger partial charge in [-0.1, -0.05) is 11.6 Å². The highest BCUT2D eigenvalue weighted by Gasteiger charge is 2.33. The number of imidazole rings is 1. The zero-order chi connectivity index (χ0) is 19.5. The average molecular weight is 390 g/mol. The number of rotatable bonds is 6. The van der Waals surface area contributed by atoms with Crippen LogP contribution in [0.1, 0.15) is 37.6 Å². The molecule has 144 valence electrons. The molecule has 0 amide bonds. The molecule has 0 aliphatic rings. The fraction of sp³-hybridized carbons (Fsp3) is 0.500. The summed E-state index contributed by atoms with van der Waals surface area (Å²) in [5.74, 6) is 0. The average Bonchev–Trinajstić information content (AvgIpc) is 2.88. The van der Waals surface area contributed by atoms with E-state index in [4.69, 9.17) is 16.3 Å². The van der Waals surface area contributed by atoms with Gasteiger partial charge in [-0.25, -0.2) is 0 Å². The molecular formula is C18H23ClF3N3O. The molecule has 0 saturated carbocycles. The minimum Gasteiger partial charge on any atom is -0.385 e. The van der Waals surface area contributed by atoms with Crippen LogP contribution in [0.2, 0.25) is 5.02 Å². The van der Waals surface area contributed by atoms with Crippen LogP contribution in [0.15, 0.2) is 29.4 Å². The minimum atomic E-state index is -4.52. The molecule has 0 fully saturated rings. The number of ether oxygens (including phenoxy) is 1. The van der Waals surface area contributed by atoms with Crippen LogP contribution in [0.3, 0.4) is 0 Å². The van der Waals surface area contributed by atoms with E-state index in [0.29, 0.717) is 24.5 Å². The first-order valence-corrected chi connectivity index (χ1v) is 8.71. The third kappa shape index (κ3) is 4.51. The number of alkyl halides is 3. The van der Waals surface area contributed by atoms with Gasteiger partial charge in [0.2, 0.25) is 5.62 Å². The molecule has 0 unspecified atom stereocenters. The summed E-state index contributed by atoms with van der Waals surface area (Å²) in [6.45, 7) is 6.94. The SMILES string of the molecule is COCCCN=c1n(C(C)C)cc(C)n1-c1ccc(Cl)c(C(F)(F)F)c1. The van der Waals surface area contributed by atoms with E-state index in [0.717, 1.165) is 18.2 Å². The normalized spacial score (nSPS) is 13.0. The Hall–Kier alpha value is -1.73. The van der Waals surface area contributed by atoms with Gasteiger partial charge in [-0.15, -0.1) is 0 Å². The number of hydrogen-bond donors (Lipinski definition) is 0. The summed E-state index contributed by atoms with van der Waals surface area (Å²) in [6.07, 6.45) is -1.90. The van der Waals surface area contributed by atoms with E-state index in [1.54, 1.807) is 17.7 Å². The second-order valence-corrected chi connectivity index (χ2v) is 6.70. The van der Waals surface area contributed by atoms with E-state index >= 15 is 0 Å². The van der Waals surface area contributed by atoms with Gasteiger partial charge in [-0.05, 0) is 45.4 Å². The van der Waals surface area contributed by atoms with Gasteiger partial charge in [0.1, 0.15) is 0 Å². The van der Waals surface area contributed by atoms with Crippen molar-refractivity contribution in [1.82, 2.24) is 9.13 Å². The van der Waals surface area contributed by atoms with Crippen LogP contribution in [0.25, 0.3) is 5.69 Å². The van der Waals surface area contributed by atoms with Gasteiger partial charge in [0.05, 0.1) is 10.6 Å². The largest absolute Gasteiger partial charge is 0.417 e. The lowest BCUT2D eigenvalue weighted by molar-refractivity contribution is -0.137. The summed E-state index contributed by atoms with van der Waals surface area (Å²) >= 11 is 5.75. The summed E-state index contributed by atoms with van der Waals surface area (Å²) in [5, 5.41) is -0.318. The Morgan fingerprint density at radius 1 is 1.27 bits per heavy atom. The standard InChI is InChI=1S/C18H23ClF3N3O/c1-12(2)24-11-13(3)25(17(24)23-8-5-9-26-4)14-6-7-16(19)15(10-14)18(20,21)22/h6-7,10-12H,5,8-9H2,1-4H3. The van der Waals surface area contributed by atoms with Crippen LogP contribution in [-0.2, 0) is 10.9 Å². The van der Waals surface area contributed by atoms with E-state index in [9.17, 15) is 13.2 Å². The first-order chi connectivity index (χ1) is 12.2. The van der Waals surface area contributed by atoms with Crippen molar-refractivity contribution in [1.29, 1.82) is 0 Å². The lowest BCUT2D eigenvalue weighted by Crippen LogP contribution is -2.27. The molecule has 1 heterocycles. The Labute approximate surface area is 155 Å².